The van der Waals surface area contributed by atoms with Crippen molar-refractivity contribution in [2.45, 2.75) is 13.5 Å². The molecule has 1 aromatic carbocycles. The SMILES string of the molecule is Cc1cc(I)ccc1NCc1ccc(Br)s1. The molecular formula is C12H11BrINS. The van der Waals surface area contributed by atoms with Crippen molar-refractivity contribution in [1.82, 2.24) is 0 Å². The fourth-order valence-corrected chi connectivity index (χ4v) is 3.52. The van der Waals surface area contributed by atoms with E-state index in [0.717, 1.165) is 6.54 Å². The van der Waals surface area contributed by atoms with Gasteiger partial charge in [-0.1, -0.05) is 0 Å². The molecule has 2 aromatic rings. The summed E-state index contributed by atoms with van der Waals surface area (Å²) in [6, 6.07) is 10.7. The Balaban J connectivity index is 2.04. The molecule has 0 aliphatic heterocycles. The average molecular weight is 408 g/mol. The fraction of sp³-hybridized carbons (Fsp3) is 0.167. The van der Waals surface area contributed by atoms with Gasteiger partial charge in [0.1, 0.15) is 0 Å². The molecule has 1 aromatic heterocycles. The minimum atomic E-state index is 0.887. The van der Waals surface area contributed by atoms with Crippen LogP contribution >= 0.6 is 49.9 Å². The van der Waals surface area contributed by atoms with Crippen LogP contribution < -0.4 is 5.32 Å². The van der Waals surface area contributed by atoms with Gasteiger partial charge in [-0.25, -0.2) is 0 Å². The van der Waals surface area contributed by atoms with Crippen molar-refractivity contribution < 1.29 is 0 Å². The lowest BCUT2D eigenvalue weighted by Gasteiger charge is -2.08. The molecule has 16 heavy (non-hydrogen) atoms. The Morgan fingerprint density at radius 1 is 1.31 bits per heavy atom. The van der Waals surface area contributed by atoms with E-state index < -0.39 is 0 Å². The Bertz CT molecular complexity index is 496. The minimum Gasteiger partial charge on any atom is -0.380 e. The van der Waals surface area contributed by atoms with Crippen LogP contribution in [-0.4, -0.2) is 0 Å². The second kappa shape index (κ2) is 5.51. The fourth-order valence-electron chi connectivity index (χ4n) is 1.45. The van der Waals surface area contributed by atoms with Crippen molar-refractivity contribution in [1.29, 1.82) is 0 Å². The van der Waals surface area contributed by atoms with Crippen molar-refractivity contribution in [2.24, 2.45) is 0 Å². The minimum absolute atomic E-state index is 0.887. The van der Waals surface area contributed by atoms with E-state index in [1.165, 1.54) is 23.5 Å². The molecule has 1 nitrogen and oxygen atoms in total. The number of hydrogen-bond acceptors (Lipinski definition) is 2. The summed E-state index contributed by atoms with van der Waals surface area (Å²) in [6.07, 6.45) is 0. The van der Waals surface area contributed by atoms with E-state index in [4.69, 9.17) is 0 Å². The summed E-state index contributed by atoms with van der Waals surface area (Å²) in [5.74, 6) is 0. The summed E-state index contributed by atoms with van der Waals surface area (Å²) < 4.78 is 2.46. The Hall–Kier alpha value is -0.0700. The summed E-state index contributed by atoms with van der Waals surface area (Å²) in [7, 11) is 0. The van der Waals surface area contributed by atoms with Crippen molar-refractivity contribution in [3.8, 4) is 0 Å². The van der Waals surface area contributed by atoms with Gasteiger partial charge in [-0.3, -0.25) is 0 Å². The van der Waals surface area contributed by atoms with Crippen LogP contribution in [0.2, 0.25) is 0 Å². The van der Waals surface area contributed by atoms with Crippen molar-refractivity contribution in [2.75, 3.05) is 5.32 Å². The van der Waals surface area contributed by atoms with E-state index in [1.54, 1.807) is 11.3 Å². The quantitative estimate of drug-likeness (QED) is 0.703. The van der Waals surface area contributed by atoms with Crippen LogP contribution in [0.4, 0.5) is 5.69 Å². The lowest BCUT2D eigenvalue weighted by molar-refractivity contribution is 1.18. The normalized spacial score (nSPS) is 10.4. The molecule has 4 heteroatoms. The van der Waals surface area contributed by atoms with E-state index in [2.05, 4.69) is 81.1 Å². The van der Waals surface area contributed by atoms with Gasteiger partial charge >= 0.3 is 0 Å². The van der Waals surface area contributed by atoms with Gasteiger partial charge in [0.25, 0.3) is 0 Å². The predicted molar refractivity (Wildman–Crippen MR) is 83.2 cm³/mol. The number of rotatable bonds is 3. The molecule has 0 fully saturated rings. The maximum atomic E-state index is 3.47. The molecule has 1 N–H and O–H groups in total. The molecule has 0 spiro atoms. The summed E-state index contributed by atoms with van der Waals surface area (Å²) in [6.45, 7) is 3.02. The molecule has 0 aliphatic rings. The molecule has 84 valence electrons. The van der Waals surface area contributed by atoms with Crippen LogP contribution in [0.1, 0.15) is 10.4 Å². The number of thiophene rings is 1. The smallest absolute Gasteiger partial charge is 0.0702 e. The monoisotopic (exact) mass is 407 g/mol. The van der Waals surface area contributed by atoms with E-state index in [9.17, 15) is 0 Å². The average Bonchev–Trinajstić information content (AvgIpc) is 2.63. The maximum Gasteiger partial charge on any atom is 0.0702 e. The van der Waals surface area contributed by atoms with E-state index in [1.807, 2.05) is 0 Å². The zero-order valence-electron chi connectivity index (χ0n) is 8.76. The lowest BCUT2D eigenvalue weighted by atomic mass is 10.2. The highest BCUT2D eigenvalue weighted by Gasteiger charge is 2.00. The van der Waals surface area contributed by atoms with Gasteiger partial charge in [-0.05, 0) is 81.3 Å². The first-order valence-corrected chi connectivity index (χ1v) is 7.58. The third kappa shape index (κ3) is 3.21. The van der Waals surface area contributed by atoms with E-state index in [-0.39, 0.29) is 0 Å². The van der Waals surface area contributed by atoms with Crippen LogP contribution in [0.3, 0.4) is 0 Å². The molecule has 2 rings (SSSR count). The second-order valence-electron chi connectivity index (χ2n) is 3.52. The summed E-state index contributed by atoms with van der Waals surface area (Å²) in [5, 5.41) is 3.46. The second-order valence-corrected chi connectivity index (χ2v) is 7.31. The highest BCUT2D eigenvalue weighted by atomic mass is 127. The maximum absolute atomic E-state index is 3.47. The van der Waals surface area contributed by atoms with E-state index in [0.29, 0.717) is 0 Å². The third-order valence-electron chi connectivity index (χ3n) is 2.27. The number of aryl methyl sites for hydroxylation is 1. The highest BCUT2D eigenvalue weighted by molar-refractivity contribution is 14.1. The van der Waals surface area contributed by atoms with Gasteiger partial charge < -0.3 is 5.32 Å². The molecule has 0 atom stereocenters. The van der Waals surface area contributed by atoms with Gasteiger partial charge in [0, 0.05) is 20.7 Å². The highest BCUT2D eigenvalue weighted by Crippen LogP contribution is 2.24. The largest absolute Gasteiger partial charge is 0.380 e. The van der Waals surface area contributed by atoms with Gasteiger partial charge in [0.2, 0.25) is 0 Å². The Kier molecular flexibility index (Phi) is 4.27. The molecule has 1 heterocycles. The van der Waals surface area contributed by atoms with Crippen LogP contribution in [0.15, 0.2) is 34.1 Å². The Morgan fingerprint density at radius 2 is 2.12 bits per heavy atom. The van der Waals surface area contributed by atoms with Gasteiger partial charge in [-0.2, -0.15) is 0 Å². The van der Waals surface area contributed by atoms with Crippen LogP contribution in [0, 0.1) is 10.5 Å². The molecule has 0 saturated heterocycles. The first-order valence-electron chi connectivity index (χ1n) is 4.89. The molecular weight excluding hydrogens is 397 g/mol. The van der Waals surface area contributed by atoms with Crippen LogP contribution in [-0.2, 0) is 6.54 Å². The molecule has 0 bridgehead atoms. The van der Waals surface area contributed by atoms with E-state index >= 15 is 0 Å². The number of benzene rings is 1. The van der Waals surface area contributed by atoms with Crippen LogP contribution in [0.25, 0.3) is 0 Å². The predicted octanol–water partition coefficient (Wildman–Crippen LogP) is 5.04. The molecule has 0 aliphatic carbocycles. The van der Waals surface area contributed by atoms with Crippen molar-refractivity contribution in [3.05, 3.63) is 48.1 Å². The number of hydrogen-bond donors (Lipinski definition) is 1. The molecule has 0 unspecified atom stereocenters. The topological polar surface area (TPSA) is 12.0 Å². The number of halogens is 2. The molecule has 0 radical (unpaired) electrons. The Morgan fingerprint density at radius 3 is 2.75 bits per heavy atom. The first kappa shape index (κ1) is 12.4. The van der Waals surface area contributed by atoms with Gasteiger partial charge in [0.05, 0.1) is 3.79 Å². The van der Waals surface area contributed by atoms with Crippen molar-refractivity contribution >= 4 is 55.5 Å². The van der Waals surface area contributed by atoms with Gasteiger partial charge in [0.15, 0.2) is 0 Å². The number of nitrogens with one attached hydrogen (secondary N) is 1. The molecule has 0 saturated carbocycles. The summed E-state index contributed by atoms with van der Waals surface area (Å²) >= 11 is 7.57. The zero-order chi connectivity index (χ0) is 11.5. The number of anilines is 1. The first-order chi connectivity index (χ1) is 7.65. The Labute approximate surface area is 122 Å². The zero-order valence-corrected chi connectivity index (χ0v) is 13.3. The van der Waals surface area contributed by atoms with Crippen molar-refractivity contribution in [3.63, 3.8) is 0 Å². The lowest BCUT2D eigenvalue weighted by Crippen LogP contribution is -1.99. The van der Waals surface area contributed by atoms with Gasteiger partial charge in [-0.15, -0.1) is 11.3 Å². The molecule has 0 amide bonds. The standard InChI is InChI=1S/C12H11BrINS/c1-8-6-9(14)2-4-11(8)15-7-10-3-5-12(13)16-10/h2-6,15H,7H2,1H3. The summed E-state index contributed by atoms with van der Waals surface area (Å²) in [4.78, 5) is 1.34. The summed E-state index contributed by atoms with van der Waals surface area (Å²) in [5.41, 5.74) is 2.51. The van der Waals surface area contributed by atoms with Crippen LogP contribution in [0.5, 0.6) is 0 Å². The third-order valence-corrected chi connectivity index (χ3v) is 4.57.